The highest BCUT2D eigenvalue weighted by atomic mass is 16.5. The van der Waals surface area contributed by atoms with Gasteiger partial charge in [-0.05, 0) is 42.5 Å². The van der Waals surface area contributed by atoms with E-state index in [-0.39, 0.29) is 11.6 Å². The van der Waals surface area contributed by atoms with Crippen LogP contribution in [-0.2, 0) is 6.42 Å². The van der Waals surface area contributed by atoms with Gasteiger partial charge in [-0.3, -0.25) is 14.3 Å². The predicted molar refractivity (Wildman–Crippen MR) is 118 cm³/mol. The highest BCUT2D eigenvalue weighted by molar-refractivity contribution is 6.06. The van der Waals surface area contributed by atoms with E-state index in [4.69, 9.17) is 4.74 Å². The van der Waals surface area contributed by atoms with Gasteiger partial charge in [-0.1, -0.05) is 18.9 Å². The molecular weight excluding hydrogens is 392 g/mol. The molecule has 0 radical (unpaired) electrons. The molecule has 2 atom stereocenters. The monoisotopic (exact) mass is 416 g/mol. The maximum Gasteiger partial charge on any atom is 0.261 e. The van der Waals surface area contributed by atoms with E-state index >= 15 is 0 Å². The lowest BCUT2D eigenvalue weighted by Gasteiger charge is -2.29. The Labute approximate surface area is 179 Å². The van der Waals surface area contributed by atoms with Crippen LogP contribution >= 0.6 is 0 Å². The van der Waals surface area contributed by atoms with E-state index in [0.29, 0.717) is 29.6 Å². The number of nitrogens with zero attached hydrogens (tertiary/aromatic N) is 4. The predicted octanol–water partition coefficient (Wildman–Crippen LogP) is 3.42. The molecule has 3 heterocycles. The molecule has 0 unspecified atom stereocenters. The Balaban J connectivity index is 1.67. The van der Waals surface area contributed by atoms with Gasteiger partial charge in [0.15, 0.2) is 0 Å². The molecule has 0 aliphatic heterocycles. The maximum absolute atomic E-state index is 13.5. The first kappa shape index (κ1) is 19.6. The molecule has 1 aliphatic carbocycles. The second-order valence-electron chi connectivity index (χ2n) is 8.11. The van der Waals surface area contributed by atoms with Crippen molar-refractivity contribution in [1.29, 1.82) is 0 Å². The largest absolute Gasteiger partial charge is 0.481 e. The van der Waals surface area contributed by atoms with Crippen LogP contribution in [-0.4, -0.2) is 37.8 Å². The van der Waals surface area contributed by atoms with Gasteiger partial charge in [-0.2, -0.15) is 0 Å². The van der Waals surface area contributed by atoms with Crippen LogP contribution < -0.4 is 10.3 Å². The van der Waals surface area contributed by atoms with Gasteiger partial charge in [-0.15, -0.1) is 0 Å². The van der Waals surface area contributed by atoms with Crippen LogP contribution in [0.3, 0.4) is 0 Å². The van der Waals surface area contributed by atoms with Crippen LogP contribution in [0.2, 0.25) is 0 Å². The van der Waals surface area contributed by atoms with Gasteiger partial charge < -0.3 is 9.84 Å². The quantitative estimate of drug-likeness (QED) is 0.513. The average molecular weight is 416 g/mol. The normalized spacial score (nSPS) is 19.0. The summed E-state index contributed by atoms with van der Waals surface area (Å²) in [6.45, 7) is 0. The van der Waals surface area contributed by atoms with Crippen molar-refractivity contribution < 1.29 is 9.84 Å². The molecule has 5 rings (SSSR count). The molecule has 7 nitrogen and oxygen atoms in total. The first-order valence-corrected chi connectivity index (χ1v) is 10.6. The van der Waals surface area contributed by atoms with Gasteiger partial charge in [0.05, 0.1) is 36.5 Å². The molecule has 4 aromatic rings. The fourth-order valence-corrected chi connectivity index (χ4v) is 4.59. The zero-order valence-electron chi connectivity index (χ0n) is 17.4. The van der Waals surface area contributed by atoms with E-state index in [9.17, 15) is 9.90 Å². The van der Waals surface area contributed by atoms with Gasteiger partial charge in [0.1, 0.15) is 0 Å². The summed E-state index contributed by atoms with van der Waals surface area (Å²) < 4.78 is 6.77. The Morgan fingerprint density at radius 2 is 1.97 bits per heavy atom. The fourth-order valence-electron chi connectivity index (χ4n) is 4.59. The highest BCUT2D eigenvalue weighted by Crippen LogP contribution is 2.30. The van der Waals surface area contributed by atoms with Crippen molar-refractivity contribution in [3.05, 3.63) is 70.7 Å². The van der Waals surface area contributed by atoms with Crippen molar-refractivity contribution in [2.75, 3.05) is 7.11 Å². The molecule has 31 heavy (non-hydrogen) atoms. The van der Waals surface area contributed by atoms with Crippen LogP contribution in [0.25, 0.3) is 21.7 Å². The maximum atomic E-state index is 13.5. The second kappa shape index (κ2) is 8.07. The van der Waals surface area contributed by atoms with Gasteiger partial charge in [0.25, 0.3) is 5.56 Å². The van der Waals surface area contributed by atoms with Gasteiger partial charge in [0.2, 0.25) is 5.88 Å². The number of hydrogen-bond acceptors (Lipinski definition) is 6. The Kier molecular flexibility index (Phi) is 5.11. The molecule has 0 amide bonds. The third-order valence-electron chi connectivity index (χ3n) is 6.22. The van der Waals surface area contributed by atoms with Crippen LogP contribution in [0.5, 0.6) is 5.88 Å². The summed E-state index contributed by atoms with van der Waals surface area (Å²) in [5.41, 5.74) is 2.56. The first-order valence-electron chi connectivity index (χ1n) is 10.6. The first-order chi connectivity index (χ1) is 15.2. The third kappa shape index (κ3) is 3.55. The number of aromatic nitrogens is 4. The average Bonchev–Trinajstić information content (AvgIpc) is 2.81. The Morgan fingerprint density at radius 1 is 1.10 bits per heavy atom. The smallest absolute Gasteiger partial charge is 0.261 e. The third-order valence-corrected chi connectivity index (χ3v) is 6.22. The molecule has 0 bridgehead atoms. The van der Waals surface area contributed by atoms with Crippen LogP contribution in [0.15, 0.2) is 54.0 Å². The van der Waals surface area contributed by atoms with Crippen molar-refractivity contribution in [2.45, 2.75) is 44.2 Å². The number of hydrogen-bond donors (Lipinski definition) is 1. The molecule has 158 valence electrons. The summed E-state index contributed by atoms with van der Waals surface area (Å²) in [7, 11) is 1.59. The van der Waals surface area contributed by atoms with Gasteiger partial charge in [0, 0.05) is 35.4 Å². The SMILES string of the molecule is COc1ccc(Cc2cc3c(=O)n([C@H]4CCCC[C@@H]4O)cnc3c3ccncc23)cn1. The van der Waals surface area contributed by atoms with Crippen molar-refractivity contribution >= 4 is 21.7 Å². The summed E-state index contributed by atoms with van der Waals surface area (Å²) >= 11 is 0. The molecule has 1 aliphatic rings. The molecule has 0 spiro atoms. The van der Waals surface area contributed by atoms with E-state index in [2.05, 4.69) is 15.0 Å². The van der Waals surface area contributed by atoms with Crippen LogP contribution in [0.4, 0.5) is 0 Å². The molecule has 1 aromatic carbocycles. The fraction of sp³-hybridized carbons (Fsp3) is 0.333. The number of ether oxygens (including phenoxy) is 1. The number of aliphatic hydroxyl groups excluding tert-OH is 1. The van der Waals surface area contributed by atoms with E-state index in [1.165, 1.54) is 0 Å². The number of methoxy groups -OCH3 is 1. The van der Waals surface area contributed by atoms with E-state index in [1.54, 1.807) is 30.4 Å². The summed E-state index contributed by atoms with van der Waals surface area (Å²) in [6.07, 6.45) is 10.5. The number of pyridine rings is 2. The molecule has 1 saturated carbocycles. The summed E-state index contributed by atoms with van der Waals surface area (Å²) in [6, 6.07) is 7.40. The van der Waals surface area contributed by atoms with Crippen molar-refractivity contribution in [2.24, 2.45) is 0 Å². The lowest BCUT2D eigenvalue weighted by atomic mass is 9.92. The number of fused-ring (bicyclic) bond motifs is 3. The highest BCUT2D eigenvalue weighted by Gasteiger charge is 2.26. The molecule has 1 N–H and O–H groups in total. The van der Waals surface area contributed by atoms with E-state index in [0.717, 1.165) is 41.2 Å². The van der Waals surface area contributed by atoms with Crippen LogP contribution in [0, 0.1) is 0 Å². The van der Waals surface area contributed by atoms with E-state index in [1.807, 2.05) is 30.5 Å². The van der Waals surface area contributed by atoms with Crippen LogP contribution in [0.1, 0.15) is 42.9 Å². The molecular formula is C24H24N4O3. The Hall–Kier alpha value is -3.32. The molecule has 0 saturated heterocycles. The zero-order chi connectivity index (χ0) is 21.4. The standard InChI is InChI=1S/C24H24N4O3/c1-31-22-7-6-15(12-26-22)10-16-11-18-23(17-8-9-25-13-19(16)17)27-14-28(24(18)30)20-4-2-3-5-21(20)29/h6-9,11-14,20-21,29H,2-5,10H2,1H3/t20-,21-/m0/s1. The summed E-state index contributed by atoms with van der Waals surface area (Å²) in [5.74, 6) is 0.562. The summed E-state index contributed by atoms with van der Waals surface area (Å²) in [5, 5.41) is 12.9. The Morgan fingerprint density at radius 3 is 2.74 bits per heavy atom. The number of benzene rings is 1. The lowest BCUT2D eigenvalue weighted by Crippen LogP contribution is -2.34. The minimum Gasteiger partial charge on any atom is -0.481 e. The van der Waals surface area contributed by atoms with Crippen molar-refractivity contribution in [3.8, 4) is 5.88 Å². The van der Waals surface area contributed by atoms with Gasteiger partial charge in [-0.25, -0.2) is 9.97 Å². The Bertz CT molecular complexity index is 1300. The molecule has 1 fully saturated rings. The minimum atomic E-state index is -0.514. The number of aliphatic hydroxyl groups is 1. The second-order valence-corrected chi connectivity index (χ2v) is 8.11. The zero-order valence-corrected chi connectivity index (χ0v) is 17.4. The van der Waals surface area contributed by atoms with E-state index < -0.39 is 6.10 Å². The lowest BCUT2D eigenvalue weighted by molar-refractivity contribution is 0.0735. The van der Waals surface area contributed by atoms with Crippen molar-refractivity contribution in [1.82, 2.24) is 19.5 Å². The van der Waals surface area contributed by atoms with Gasteiger partial charge >= 0.3 is 0 Å². The minimum absolute atomic E-state index is 0.108. The molecule has 7 heteroatoms. The number of rotatable bonds is 4. The topological polar surface area (TPSA) is 90.1 Å². The molecule has 3 aromatic heterocycles. The van der Waals surface area contributed by atoms with Crippen molar-refractivity contribution in [3.63, 3.8) is 0 Å². The summed E-state index contributed by atoms with van der Waals surface area (Å²) in [4.78, 5) is 26.7.